The van der Waals surface area contributed by atoms with Crippen molar-refractivity contribution in [3.05, 3.63) is 57.8 Å². The van der Waals surface area contributed by atoms with E-state index in [0.29, 0.717) is 6.54 Å². The largest absolute Gasteiger partial charge is 0.480 e. The van der Waals surface area contributed by atoms with Crippen LogP contribution in [0.5, 0.6) is 0 Å². The van der Waals surface area contributed by atoms with Crippen LogP contribution in [-0.4, -0.2) is 11.1 Å². The fourth-order valence-electron chi connectivity index (χ4n) is 1.78. The van der Waals surface area contributed by atoms with Gasteiger partial charge in [-0.25, -0.2) is 0 Å². The van der Waals surface area contributed by atoms with Crippen LogP contribution in [0.15, 0.2) is 42.5 Å². The van der Waals surface area contributed by atoms with Crippen molar-refractivity contribution >= 4 is 17.3 Å². The highest BCUT2D eigenvalue weighted by atomic mass is 32.1. The molecule has 0 fully saturated rings. The predicted octanol–water partition coefficient (Wildman–Crippen LogP) is 2.97. The van der Waals surface area contributed by atoms with Gasteiger partial charge in [0.05, 0.1) is 0 Å². The van der Waals surface area contributed by atoms with Gasteiger partial charge in [0.25, 0.3) is 0 Å². The van der Waals surface area contributed by atoms with Gasteiger partial charge in [0.2, 0.25) is 0 Å². The summed E-state index contributed by atoms with van der Waals surface area (Å²) in [6, 6.07) is 12.6. The number of rotatable bonds is 5. The standard InChI is InChI=1S/C14H15NO2S/c1-10-7-8-12(18-10)9-15-13(14(16)17)11-5-3-2-4-6-11/h2-8,13,15H,9H2,1H3,(H,16,17). The van der Waals surface area contributed by atoms with Crippen molar-refractivity contribution in [1.29, 1.82) is 0 Å². The van der Waals surface area contributed by atoms with E-state index < -0.39 is 12.0 Å². The Morgan fingerprint density at radius 3 is 2.56 bits per heavy atom. The van der Waals surface area contributed by atoms with Crippen molar-refractivity contribution in [2.45, 2.75) is 19.5 Å². The molecule has 1 aromatic carbocycles. The van der Waals surface area contributed by atoms with Crippen LogP contribution in [0, 0.1) is 6.92 Å². The van der Waals surface area contributed by atoms with Crippen LogP contribution in [0.1, 0.15) is 21.4 Å². The smallest absolute Gasteiger partial charge is 0.325 e. The minimum atomic E-state index is -0.852. The second-order valence-corrected chi connectivity index (χ2v) is 5.45. The van der Waals surface area contributed by atoms with Gasteiger partial charge < -0.3 is 5.11 Å². The summed E-state index contributed by atoms with van der Waals surface area (Å²) in [5, 5.41) is 12.3. The Morgan fingerprint density at radius 2 is 2.00 bits per heavy atom. The number of carbonyl (C=O) groups is 1. The Kier molecular flexibility index (Phi) is 4.12. The number of aliphatic carboxylic acids is 1. The van der Waals surface area contributed by atoms with Crippen molar-refractivity contribution in [3.63, 3.8) is 0 Å². The summed E-state index contributed by atoms with van der Waals surface area (Å²) in [4.78, 5) is 13.6. The fourth-order valence-corrected chi connectivity index (χ4v) is 2.62. The quantitative estimate of drug-likeness (QED) is 0.870. The molecule has 4 heteroatoms. The van der Waals surface area contributed by atoms with Crippen LogP contribution in [-0.2, 0) is 11.3 Å². The van der Waals surface area contributed by atoms with Gasteiger partial charge in [-0.05, 0) is 24.6 Å². The molecule has 2 rings (SSSR count). The van der Waals surface area contributed by atoms with E-state index in [4.69, 9.17) is 0 Å². The average molecular weight is 261 g/mol. The van der Waals surface area contributed by atoms with Gasteiger partial charge in [-0.2, -0.15) is 0 Å². The van der Waals surface area contributed by atoms with Crippen molar-refractivity contribution in [3.8, 4) is 0 Å². The lowest BCUT2D eigenvalue weighted by Crippen LogP contribution is -2.27. The minimum absolute atomic E-state index is 0.574. The molecule has 94 valence electrons. The molecule has 0 amide bonds. The highest BCUT2D eigenvalue weighted by Gasteiger charge is 2.18. The highest BCUT2D eigenvalue weighted by Crippen LogP contribution is 2.18. The zero-order chi connectivity index (χ0) is 13.0. The van der Waals surface area contributed by atoms with Gasteiger partial charge in [0, 0.05) is 16.3 Å². The molecule has 0 aliphatic rings. The molecule has 18 heavy (non-hydrogen) atoms. The molecule has 2 N–H and O–H groups in total. The Bertz CT molecular complexity index is 522. The first-order chi connectivity index (χ1) is 8.66. The zero-order valence-electron chi connectivity index (χ0n) is 10.1. The van der Waals surface area contributed by atoms with Crippen LogP contribution >= 0.6 is 11.3 Å². The molecular formula is C14H15NO2S. The molecule has 2 aromatic rings. The van der Waals surface area contributed by atoms with E-state index in [-0.39, 0.29) is 0 Å². The Hall–Kier alpha value is -1.65. The van der Waals surface area contributed by atoms with Gasteiger partial charge in [0.1, 0.15) is 6.04 Å². The van der Waals surface area contributed by atoms with Gasteiger partial charge in [-0.3, -0.25) is 10.1 Å². The van der Waals surface area contributed by atoms with Crippen molar-refractivity contribution in [2.75, 3.05) is 0 Å². The molecule has 1 atom stereocenters. The van der Waals surface area contributed by atoms with Gasteiger partial charge >= 0.3 is 5.97 Å². The monoisotopic (exact) mass is 261 g/mol. The topological polar surface area (TPSA) is 49.3 Å². The lowest BCUT2D eigenvalue weighted by molar-refractivity contribution is -0.139. The van der Waals surface area contributed by atoms with Crippen molar-refractivity contribution in [2.24, 2.45) is 0 Å². The maximum atomic E-state index is 11.3. The Balaban J connectivity index is 2.06. The van der Waals surface area contributed by atoms with Crippen molar-refractivity contribution in [1.82, 2.24) is 5.32 Å². The van der Waals surface area contributed by atoms with E-state index in [1.54, 1.807) is 11.3 Å². The maximum absolute atomic E-state index is 11.3. The molecular weight excluding hydrogens is 246 g/mol. The van der Waals surface area contributed by atoms with Crippen LogP contribution in [0.2, 0.25) is 0 Å². The third-order valence-electron chi connectivity index (χ3n) is 2.66. The first kappa shape index (κ1) is 12.8. The number of hydrogen-bond acceptors (Lipinski definition) is 3. The van der Waals surface area contributed by atoms with Crippen LogP contribution in [0.3, 0.4) is 0 Å². The molecule has 0 saturated heterocycles. The number of carboxylic acids is 1. The fraction of sp³-hybridized carbons (Fsp3) is 0.214. The molecule has 0 aliphatic heterocycles. The second-order valence-electron chi connectivity index (χ2n) is 4.08. The molecule has 1 aromatic heterocycles. The molecule has 0 radical (unpaired) electrons. The van der Waals surface area contributed by atoms with Gasteiger partial charge in [-0.1, -0.05) is 30.3 Å². The summed E-state index contributed by atoms with van der Waals surface area (Å²) in [6.07, 6.45) is 0. The van der Waals surface area contributed by atoms with E-state index >= 15 is 0 Å². The molecule has 1 heterocycles. The number of carboxylic acid groups (broad SMARTS) is 1. The van der Waals surface area contributed by atoms with Gasteiger partial charge in [-0.15, -0.1) is 11.3 Å². The first-order valence-electron chi connectivity index (χ1n) is 5.73. The molecule has 0 spiro atoms. The highest BCUT2D eigenvalue weighted by molar-refractivity contribution is 7.11. The lowest BCUT2D eigenvalue weighted by atomic mass is 10.1. The minimum Gasteiger partial charge on any atom is -0.480 e. The molecule has 1 unspecified atom stereocenters. The van der Waals surface area contributed by atoms with E-state index in [0.717, 1.165) is 10.4 Å². The van der Waals surface area contributed by atoms with Crippen LogP contribution < -0.4 is 5.32 Å². The maximum Gasteiger partial charge on any atom is 0.325 e. The molecule has 3 nitrogen and oxygen atoms in total. The third-order valence-corrected chi connectivity index (χ3v) is 3.66. The van der Waals surface area contributed by atoms with Gasteiger partial charge in [0.15, 0.2) is 0 Å². The first-order valence-corrected chi connectivity index (χ1v) is 6.55. The van der Waals surface area contributed by atoms with Crippen LogP contribution in [0.4, 0.5) is 0 Å². The third kappa shape index (κ3) is 3.18. The lowest BCUT2D eigenvalue weighted by Gasteiger charge is -2.14. The van der Waals surface area contributed by atoms with Crippen molar-refractivity contribution < 1.29 is 9.90 Å². The number of benzene rings is 1. The summed E-state index contributed by atoms with van der Waals surface area (Å²) < 4.78 is 0. The summed E-state index contributed by atoms with van der Waals surface area (Å²) >= 11 is 1.68. The summed E-state index contributed by atoms with van der Waals surface area (Å²) in [6.45, 7) is 2.62. The number of aryl methyl sites for hydroxylation is 1. The average Bonchev–Trinajstić information content (AvgIpc) is 2.76. The zero-order valence-corrected chi connectivity index (χ0v) is 10.9. The Labute approximate surface area is 110 Å². The van der Waals surface area contributed by atoms with E-state index in [9.17, 15) is 9.90 Å². The van der Waals surface area contributed by atoms with E-state index in [2.05, 4.69) is 5.32 Å². The SMILES string of the molecule is Cc1ccc(CNC(C(=O)O)c2ccccc2)s1. The second kappa shape index (κ2) is 5.80. The Morgan fingerprint density at radius 1 is 1.28 bits per heavy atom. The summed E-state index contributed by atoms with van der Waals surface area (Å²) in [7, 11) is 0. The normalized spacial score (nSPS) is 12.3. The predicted molar refractivity (Wildman–Crippen MR) is 72.7 cm³/mol. The van der Waals surface area contributed by atoms with Crippen LogP contribution in [0.25, 0.3) is 0 Å². The molecule has 0 aliphatic carbocycles. The molecule has 0 bridgehead atoms. The van der Waals surface area contributed by atoms with E-state index in [1.807, 2.05) is 49.4 Å². The summed E-state index contributed by atoms with van der Waals surface area (Å²) in [5.41, 5.74) is 0.776. The summed E-state index contributed by atoms with van der Waals surface area (Å²) in [5.74, 6) is -0.852. The number of thiophene rings is 1. The number of nitrogens with one attached hydrogen (secondary N) is 1. The number of hydrogen-bond donors (Lipinski definition) is 2. The molecule has 0 saturated carbocycles. The van der Waals surface area contributed by atoms with E-state index in [1.165, 1.54) is 4.88 Å².